The summed E-state index contributed by atoms with van der Waals surface area (Å²) in [5.41, 5.74) is 8.56. The van der Waals surface area contributed by atoms with Crippen molar-refractivity contribution in [3.05, 3.63) is 29.3 Å². The number of nitrogens with one attached hydrogen (secondary N) is 1. The second kappa shape index (κ2) is 10.8. The fourth-order valence-electron chi connectivity index (χ4n) is 3.10. The van der Waals surface area contributed by atoms with Gasteiger partial charge in [-0.05, 0) is 30.0 Å². The van der Waals surface area contributed by atoms with Crippen LogP contribution in [0.5, 0.6) is 5.75 Å². The van der Waals surface area contributed by atoms with Gasteiger partial charge in [0.2, 0.25) is 0 Å². The van der Waals surface area contributed by atoms with Gasteiger partial charge in [-0.2, -0.15) is 0 Å². The Morgan fingerprint density at radius 3 is 2.92 bits per heavy atom. The van der Waals surface area contributed by atoms with Gasteiger partial charge in [-0.1, -0.05) is 12.1 Å². The minimum Gasteiger partial charge on any atom is -0.493 e. The average Bonchev–Trinajstić information content (AvgIpc) is 3.07. The Bertz CT molecular complexity index is 562. The van der Waals surface area contributed by atoms with E-state index in [0.29, 0.717) is 5.96 Å². The Kier molecular flexibility index (Phi) is 8.77. The van der Waals surface area contributed by atoms with Crippen molar-refractivity contribution >= 4 is 29.9 Å². The van der Waals surface area contributed by atoms with E-state index in [1.54, 1.807) is 0 Å². The maximum absolute atomic E-state index is 5.93. The van der Waals surface area contributed by atoms with Crippen molar-refractivity contribution in [2.24, 2.45) is 10.7 Å². The number of benzene rings is 1. The molecule has 0 aliphatic carbocycles. The summed E-state index contributed by atoms with van der Waals surface area (Å²) >= 11 is 0. The lowest BCUT2D eigenvalue weighted by molar-refractivity contribution is 0.0377. The standard InChI is InChI=1S/C18H28N4O2.HI/c19-18(20-6-1-8-22-9-12-23-13-10-22)21-7-4-15-2-3-17-16(14-15)5-11-24-17;/h2-3,14H,1,4-13H2,(H3,19,20,21);1H. The zero-order chi connectivity index (χ0) is 16.6. The Hall–Kier alpha value is -1.06. The number of hydrogen-bond acceptors (Lipinski definition) is 4. The molecule has 1 aromatic carbocycles. The Morgan fingerprint density at radius 2 is 2.08 bits per heavy atom. The molecule has 1 fully saturated rings. The van der Waals surface area contributed by atoms with Gasteiger partial charge in [0.25, 0.3) is 0 Å². The van der Waals surface area contributed by atoms with Crippen LogP contribution in [0.4, 0.5) is 0 Å². The van der Waals surface area contributed by atoms with Gasteiger partial charge in [-0.3, -0.25) is 9.89 Å². The largest absolute Gasteiger partial charge is 0.493 e. The molecule has 0 amide bonds. The highest BCUT2D eigenvalue weighted by Gasteiger charge is 2.11. The number of hydrogen-bond donors (Lipinski definition) is 2. The molecule has 0 saturated carbocycles. The van der Waals surface area contributed by atoms with Gasteiger partial charge in [0.1, 0.15) is 5.75 Å². The summed E-state index contributed by atoms with van der Waals surface area (Å²) in [4.78, 5) is 6.82. The first-order chi connectivity index (χ1) is 11.8. The Balaban J connectivity index is 0.00000225. The normalized spacial score (nSPS) is 17.5. The molecule has 0 spiro atoms. The van der Waals surface area contributed by atoms with Gasteiger partial charge in [-0.25, -0.2) is 0 Å². The maximum Gasteiger partial charge on any atom is 0.188 e. The highest BCUT2D eigenvalue weighted by molar-refractivity contribution is 14.0. The summed E-state index contributed by atoms with van der Waals surface area (Å²) in [6.07, 6.45) is 2.99. The fraction of sp³-hybridized carbons (Fsp3) is 0.611. The number of halogens is 1. The van der Waals surface area contributed by atoms with E-state index in [1.807, 2.05) is 0 Å². The van der Waals surface area contributed by atoms with Crippen LogP contribution in [0.1, 0.15) is 17.5 Å². The third kappa shape index (κ3) is 6.63. The van der Waals surface area contributed by atoms with Crippen molar-refractivity contribution in [1.29, 1.82) is 0 Å². The van der Waals surface area contributed by atoms with Crippen molar-refractivity contribution in [3.8, 4) is 5.75 Å². The lowest BCUT2D eigenvalue weighted by Crippen LogP contribution is -2.37. The topological polar surface area (TPSA) is 72.1 Å². The first-order valence-corrected chi connectivity index (χ1v) is 8.90. The smallest absolute Gasteiger partial charge is 0.188 e. The first-order valence-electron chi connectivity index (χ1n) is 8.90. The van der Waals surface area contributed by atoms with E-state index >= 15 is 0 Å². The second-order valence-electron chi connectivity index (χ2n) is 6.29. The molecular weight excluding hydrogens is 431 g/mol. The van der Waals surface area contributed by atoms with Crippen LogP contribution in [0, 0.1) is 0 Å². The van der Waals surface area contributed by atoms with Crippen LogP contribution in [0.2, 0.25) is 0 Å². The minimum atomic E-state index is 0. The average molecular weight is 460 g/mol. The van der Waals surface area contributed by atoms with E-state index in [2.05, 4.69) is 33.4 Å². The summed E-state index contributed by atoms with van der Waals surface area (Å²) < 4.78 is 10.9. The predicted octanol–water partition coefficient (Wildman–Crippen LogP) is 1.41. The highest BCUT2D eigenvalue weighted by atomic mass is 127. The van der Waals surface area contributed by atoms with Gasteiger partial charge >= 0.3 is 0 Å². The van der Waals surface area contributed by atoms with Crippen LogP contribution in [0.15, 0.2) is 23.2 Å². The van der Waals surface area contributed by atoms with E-state index in [9.17, 15) is 0 Å². The number of nitrogens with zero attached hydrogens (tertiary/aromatic N) is 2. The summed E-state index contributed by atoms with van der Waals surface area (Å²) in [7, 11) is 0. The quantitative estimate of drug-likeness (QED) is 0.279. The zero-order valence-electron chi connectivity index (χ0n) is 14.7. The number of aliphatic imine (C=N–C) groups is 1. The second-order valence-corrected chi connectivity index (χ2v) is 6.29. The summed E-state index contributed by atoms with van der Waals surface area (Å²) in [6, 6.07) is 6.43. The van der Waals surface area contributed by atoms with Crippen LogP contribution in [0.3, 0.4) is 0 Å². The van der Waals surface area contributed by atoms with Gasteiger partial charge < -0.3 is 20.5 Å². The SMILES string of the molecule is I.NC(=NCCCN1CCOCC1)NCCc1ccc2c(c1)CCO2. The zero-order valence-corrected chi connectivity index (χ0v) is 17.0. The molecule has 0 radical (unpaired) electrons. The molecule has 3 rings (SSSR count). The van der Waals surface area contributed by atoms with E-state index in [-0.39, 0.29) is 24.0 Å². The summed E-state index contributed by atoms with van der Waals surface area (Å²) in [5.74, 6) is 1.58. The Labute approximate surface area is 167 Å². The predicted molar refractivity (Wildman–Crippen MR) is 111 cm³/mol. The fourth-order valence-corrected chi connectivity index (χ4v) is 3.10. The van der Waals surface area contributed by atoms with Gasteiger partial charge in [0.05, 0.1) is 19.8 Å². The van der Waals surface area contributed by atoms with Gasteiger partial charge in [0.15, 0.2) is 5.96 Å². The van der Waals surface area contributed by atoms with Crippen LogP contribution < -0.4 is 15.8 Å². The number of guanidine groups is 1. The highest BCUT2D eigenvalue weighted by Crippen LogP contribution is 2.25. The maximum atomic E-state index is 5.93. The number of fused-ring (bicyclic) bond motifs is 1. The molecule has 0 bridgehead atoms. The molecule has 2 heterocycles. The molecule has 2 aliphatic heterocycles. The van der Waals surface area contributed by atoms with Crippen molar-refractivity contribution in [1.82, 2.24) is 10.2 Å². The molecule has 0 atom stereocenters. The number of rotatable bonds is 7. The number of nitrogens with two attached hydrogens (primary N) is 1. The van der Waals surface area contributed by atoms with Gasteiger partial charge in [-0.15, -0.1) is 24.0 Å². The molecule has 0 aromatic heterocycles. The van der Waals surface area contributed by atoms with Crippen molar-refractivity contribution in [3.63, 3.8) is 0 Å². The van der Waals surface area contributed by atoms with Crippen LogP contribution in [-0.4, -0.2) is 63.4 Å². The molecule has 25 heavy (non-hydrogen) atoms. The summed E-state index contributed by atoms with van der Waals surface area (Å²) in [6.45, 7) is 7.21. The third-order valence-electron chi connectivity index (χ3n) is 4.49. The van der Waals surface area contributed by atoms with Crippen LogP contribution >= 0.6 is 24.0 Å². The third-order valence-corrected chi connectivity index (χ3v) is 4.49. The Morgan fingerprint density at radius 1 is 1.24 bits per heavy atom. The molecule has 1 saturated heterocycles. The molecule has 2 aliphatic rings. The van der Waals surface area contributed by atoms with Crippen LogP contribution in [-0.2, 0) is 17.6 Å². The van der Waals surface area contributed by atoms with E-state index in [0.717, 1.165) is 77.6 Å². The lowest BCUT2D eigenvalue weighted by Gasteiger charge is -2.26. The van der Waals surface area contributed by atoms with E-state index in [4.69, 9.17) is 15.2 Å². The lowest BCUT2D eigenvalue weighted by atomic mass is 10.1. The minimum absolute atomic E-state index is 0. The monoisotopic (exact) mass is 460 g/mol. The number of ether oxygens (including phenoxy) is 2. The van der Waals surface area contributed by atoms with E-state index in [1.165, 1.54) is 11.1 Å². The summed E-state index contributed by atoms with van der Waals surface area (Å²) in [5, 5.41) is 3.20. The van der Waals surface area contributed by atoms with Crippen molar-refractivity contribution in [2.75, 3.05) is 52.5 Å². The molecule has 0 unspecified atom stereocenters. The molecule has 7 heteroatoms. The molecule has 3 N–H and O–H groups in total. The molecule has 1 aromatic rings. The first kappa shape index (κ1) is 20.3. The number of morpholine rings is 1. The van der Waals surface area contributed by atoms with Gasteiger partial charge in [0, 0.05) is 39.1 Å². The molecule has 6 nitrogen and oxygen atoms in total. The van der Waals surface area contributed by atoms with Crippen molar-refractivity contribution in [2.45, 2.75) is 19.3 Å². The molecule has 140 valence electrons. The van der Waals surface area contributed by atoms with Crippen LogP contribution in [0.25, 0.3) is 0 Å². The van der Waals surface area contributed by atoms with E-state index < -0.39 is 0 Å². The molecular formula is C18H29IN4O2. The van der Waals surface area contributed by atoms with Crippen molar-refractivity contribution < 1.29 is 9.47 Å².